The Labute approximate surface area is 123 Å². The Morgan fingerprint density at radius 1 is 1.05 bits per heavy atom. The highest BCUT2D eigenvalue weighted by atomic mass is 32.1. The molecule has 2 aromatic heterocycles. The van der Waals surface area contributed by atoms with Gasteiger partial charge in [-0.3, -0.25) is 15.0 Å². The van der Waals surface area contributed by atoms with E-state index in [1.165, 1.54) is 11.3 Å². The lowest BCUT2D eigenvalue weighted by Crippen LogP contribution is -2.06. The fraction of sp³-hybridized carbons (Fsp3) is 0.143. The molecule has 7 heteroatoms. The molecule has 6 nitrogen and oxygen atoms in total. The summed E-state index contributed by atoms with van der Waals surface area (Å²) in [6.07, 6.45) is 0. The van der Waals surface area contributed by atoms with Crippen LogP contribution in [0.15, 0.2) is 39.2 Å². The van der Waals surface area contributed by atoms with E-state index >= 15 is 0 Å². The van der Waals surface area contributed by atoms with Crippen molar-refractivity contribution in [2.75, 3.05) is 19.6 Å². The Bertz CT molecular complexity index is 832. The maximum Gasteiger partial charge on any atom is 0.340 e. The van der Waals surface area contributed by atoms with Crippen LogP contribution in [0.25, 0.3) is 10.4 Å². The number of methoxy groups -OCH3 is 2. The van der Waals surface area contributed by atoms with Crippen LogP contribution in [0.3, 0.4) is 0 Å². The molecule has 1 aromatic carbocycles. The van der Waals surface area contributed by atoms with Crippen molar-refractivity contribution < 1.29 is 9.47 Å². The maximum atomic E-state index is 10.9. The van der Waals surface area contributed by atoms with Crippen LogP contribution in [0.2, 0.25) is 0 Å². The molecule has 0 atom stereocenters. The average Bonchev–Trinajstić information content (AvgIpc) is 2.93. The molecule has 108 valence electrons. The lowest BCUT2D eigenvalue weighted by Gasteiger charge is -2.08. The third-order valence-corrected chi connectivity index (χ3v) is 4.03. The minimum absolute atomic E-state index is 0.520. The molecule has 3 rings (SSSR count). The zero-order chi connectivity index (χ0) is 15.0. The van der Waals surface area contributed by atoms with E-state index in [2.05, 4.69) is 5.43 Å². The number of benzene rings is 1. The summed E-state index contributed by atoms with van der Waals surface area (Å²) >= 11 is 1.50. The van der Waals surface area contributed by atoms with Gasteiger partial charge in [-0.1, -0.05) is 0 Å². The molecule has 0 spiro atoms. The summed E-state index contributed by atoms with van der Waals surface area (Å²) in [6, 6.07) is 7.50. The molecule has 0 unspecified atom stereocenters. The summed E-state index contributed by atoms with van der Waals surface area (Å²) in [5, 5.41) is 1.84. The number of hydrogen-bond donors (Lipinski definition) is 1. The van der Waals surface area contributed by atoms with Gasteiger partial charge in [0.05, 0.1) is 19.9 Å². The highest BCUT2D eigenvalue weighted by molar-refractivity contribution is 7.14. The first-order valence-corrected chi connectivity index (χ1v) is 6.98. The normalized spacial score (nSPS) is 10.8. The van der Waals surface area contributed by atoms with Crippen LogP contribution in [0.4, 0.5) is 5.69 Å². The van der Waals surface area contributed by atoms with Gasteiger partial charge in [-0.05, 0) is 29.8 Å². The Morgan fingerprint density at radius 2 is 1.76 bits per heavy atom. The van der Waals surface area contributed by atoms with Gasteiger partial charge in [0.2, 0.25) is 0 Å². The van der Waals surface area contributed by atoms with E-state index in [4.69, 9.17) is 9.47 Å². The molecule has 0 bridgehead atoms. The maximum absolute atomic E-state index is 10.9. The van der Waals surface area contributed by atoms with Crippen LogP contribution in [-0.2, 0) is 0 Å². The molecule has 0 amide bonds. The molecular formula is C14H12N2O4S. The lowest BCUT2D eigenvalue weighted by molar-refractivity contribution is 0.355. The average molecular weight is 304 g/mol. The lowest BCUT2D eigenvalue weighted by atomic mass is 10.1. The number of nitrogens with one attached hydrogen (secondary N) is 1. The quantitative estimate of drug-likeness (QED) is 0.727. The number of nitrogens with zero attached hydrogens (tertiary/aromatic N) is 1. The monoisotopic (exact) mass is 304 g/mol. The van der Waals surface area contributed by atoms with Crippen LogP contribution < -0.4 is 26.0 Å². The van der Waals surface area contributed by atoms with Gasteiger partial charge in [0, 0.05) is 10.3 Å². The molecule has 0 saturated heterocycles. The van der Waals surface area contributed by atoms with Crippen molar-refractivity contribution in [3.05, 3.63) is 50.4 Å². The number of thiophene rings is 1. The molecule has 0 radical (unpaired) electrons. The van der Waals surface area contributed by atoms with Crippen LogP contribution in [0, 0.1) is 0 Å². The van der Waals surface area contributed by atoms with Crippen molar-refractivity contribution in [1.29, 1.82) is 0 Å². The van der Waals surface area contributed by atoms with Gasteiger partial charge in [-0.2, -0.15) is 4.68 Å². The van der Waals surface area contributed by atoms with Crippen LogP contribution in [0.5, 0.6) is 11.5 Å². The molecule has 0 aliphatic heterocycles. The Kier molecular flexibility index (Phi) is 3.26. The fourth-order valence-corrected chi connectivity index (χ4v) is 2.73. The van der Waals surface area contributed by atoms with Gasteiger partial charge in [-0.15, -0.1) is 11.3 Å². The molecule has 2 heterocycles. The first-order valence-electron chi connectivity index (χ1n) is 6.10. The standard InChI is InChI=1S/C14H12N2O4S/c1-19-10-4-3-8(5-11(10)20-2)12-6-9(7-21-12)15-16-13(17)14(16)18/h3-7,15H,1-2H3. The zero-order valence-corrected chi connectivity index (χ0v) is 12.2. The number of rotatable bonds is 5. The van der Waals surface area contributed by atoms with E-state index in [9.17, 15) is 9.59 Å². The summed E-state index contributed by atoms with van der Waals surface area (Å²) in [7, 11) is 3.17. The van der Waals surface area contributed by atoms with Gasteiger partial charge in [0.15, 0.2) is 11.5 Å². The Hall–Kier alpha value is -2.54. The summed E-state index contributed by atoms with van der Waals surface area (Å²) < 4.78 is 11.4. The van der Waals surface area contributed by atoms with E-state index in [1.54, 1.807) is 14.2 Å². The molecule has 0 aliphatic carbocycles. The molecule has 21 heavy (non-hydrogen) atoms. The second-order valence-electron chi connectivity index (χ2n) is 4.33. The van der Waals surface area contributed by atoms with Crippen molar-refractivity contribution in [2.45, 2.75) is 0 Å². The molecule has 3 aromatic rings. The van der Waals surface area contributed by atoms with Crippen LogP contribution in [-0.4, -0.2) is 18.9 Å². The largest absolute Gasteiger partial charge is 0.493 e. The highest BCUT2D eigenvalue weighted by Gasteiger charge is 2.16. The van der Waals surface area contributed by atoms with Gasteiger partial charge >= 0.3 is 11.1 Å². The summed E-state index contributed by atoms with van der Waals surface area (Å²) in [6.45, 7) is 0. The number of hydrogen-bond acceptors (Lipinski definition) is 6. The van der Waals surface area contributed by atoms with Crippen molar-refractivity contribution >= 4 is 17.0 Å². The van der Waals surface area contributed by atoms with Crippen molar-refractivity contribution in [3.63, 3.8) is 0 Å². The summed E-state index contributed by atoms with van der Waals surface area (Å²) in [4.78, 5) is 22.9. The van der Waals surface area contributed by atoms with E-state index in [1.807, 2.05) is 29.6 Å². The van der Waals surface area contributed by atoms with E-state index < -0.39 is 11.1 Å². The zero-order valence-electron chi connectivity index (χ0n) is 11.4. The molecule has 0 saturated carbocycles. The summed E-state index contributed by atoms with van der Waals surface area (Å²) in [5.74, 6) is 1.31. The minimum Gasteiger partial charge on any atom is -0.493 e. The van der Waals surface area contributed by atoms with Crippen molar-refractivity contribution in [1.82, 2.24) is 4.68 Å². The first-order chi connectivity index (χ1) is 10.1. The first kappa shape index (κ1) is 13.4. The fourth-order valence-electron chi connectivity index (χ4n) is 1.90. The third kappa shape index (κ3) is 2.43. The molecule has 0 fully saturated rings. The minimum atomic E-state index is -0.520. The van der Waals surface area contributed by atoms with Gasteiger partial charge < -0.3 is 9.47 Å². The molecule has 1 N–H and O–H groups in total. The van der Waals surface area contributed by atoms with Crippen molar-refractivity contribution in [2.24, 2.45) is 0 Å². The van der Waals surface area contributed by atoms with E-state index in [-0.39, 0.29) is 0 Å². The van der Waals surface area contributed by atoms with Crippen molar-refractivity contribution in [3.8, 4) is 21.9 Å². The molecule has 0 aliphatic rings. The van der Waals surface area contributed by atoms with Gasteiger partial charge in [0.1, 0.15) is 0 Å². The number of aromatic nitrogens is 1. The predicted molar refractivity (Wildman–Crippen MR) is 81.2 cm³/mol. The van der Waals surface area contributed by atoms with Gasteiger partial charge in [0.25, 0.3) is 0 Å². The third-order valence-electron chi connectivity index (χ3n) is 3.05. The Balaban J connectivity index is 1.87. The van der Waals surface area contributed by atoms with E-state index in [0.29, 0.717) is 17.2 Å². The number of ether oxygens (including phenoxy) is 2. The highest BCUT2D eigenvalue weighted by Crippen LogP contribution is 2.35. The number of anilines is 1. The second kappa shape index (κ2) is 5.10. The topological polar surface area (TPSA) is 69.6 Å². The van der Waals surface area contributed by atoms with E-state index in [0.717, 1.165) is 15.1 Å². The van der Waals surface area contributed by atoms with Crippen LogP contribution >= 0.6 is 11.3 Å². The van der Waals surface area contributed by atoms with Crippen LogP contribution in [0.1, 0.15) is 0 Å². The predicted octanol–water partition coefficient (Wildman–Crippen LogP) is 1.70. The Morgan fingerprint density at radius 3 is 2.38 bits per heavy atom. The molecular weight excluding hydrogens is 292 g/mol. The SMILES string of the molecule is COc1ccc(-c2cc(Nn3c(=O)c3=O)cs2)cc1OC. The smallest absolute Gasteiger partial charge is 0.340 e. The summed E-state index contributed by atoms with van der Waals surface area (Å²) in [5.41, 5.74) is 3.37. The van der Waals surface area contributed by atoms with Gasteiger partial charge in [-0.25, -0.2) is 0 Å². The second-order valence-corrected chi connectivity index (χ2v) is 5.24.